The van der Waals surface area contributed by atoms with E-state index in [1.165, 1.54) is 0 Å². The summed E-state index contributed by atoms with van der Waals surface area (Å²) in [5.41, 5.74) is 0.705. The number of hydrogen-bond acceptors (Lipinski definition) is 12. The molecule has 2 aromatic rings. The lowest BCUT2D eigenvalue weighted by Gasteiger charge is -2.35. The van der Waals surface area contributed by atoms with Crippen molar-refractivity contribution in [2.24, 2.45) is 10.8 Å². The summed E-state index contributed by atoms with van der Waals surface area (Å²) in [5, 5.41) is 18.2. The first kappa shape index (κ1) is 53.7. The second-order valence-corrected chi connectivity index (χ2v) is 22.2. The van der Waals surface area contributed by atoms with Crippen LogP contribution < -0.4 is 31.9 Å². The van der Waals surface area contributed by atoms with Crippen LogP contribution in [0.25, 0.3) is 0 Å². The summed E-state index contributed by atoms with van der Waals surface area (Å²) in [4.78, 5) is 73.3. The number of nitrogens with one attached hydrogen (secondary N) is 6. The molecule has 4 heterocycles. The normalized spacial score (nSPS) is 24.9. The molecule has 0 unspecified atom stereocenters. The molecule has 5 amide bonds. The van der Waals surface area contributed by atoms with Gasteiger partial charge in [-0.25, -0.2) is 0 Å². The molecule has 69 heavy (non-hydrogen) atoms. The summed E-state index contributed by atoms with van der Waals surface area (Å²) in [6, 6.07) is 15.3. The fourth-order valence-corrected chi connectivity index (χ4v) is 12.9. The molecule has 15 nitrogen and oxygen atoms in total. The number of thiocarbonyl (C=S) groups is 1. The van der Waals surface area contributed by atoms with Crippen LogP contribution in [0, 0.1) is 34.5 Å². The third-order valence-corrected chi connectivity index (χ3v) is 16.1. The Kier molecular flexibility index (Phi) is 19.4. The quantitative estimate of drug-likeness (QED) is 0.0727. The van der Waals surface area contributed by atoms with Crippen molar-refractivity contribution in [2.45, 2.75) is 113 Å². The number of benzene rings is 2. The van der Waals surface area contributed by atoms with E-state index in [2.05, 4.69) is 55.6 Å². The van der Waals surface area contributed by atoms with Gasteiger partial charge in [0.15, 0.2) is 0 Å². The number of fused-ring (bicyclic) bond motifs is 2. The number of hydrogen-bond donors (Lipinski definition) is 6. The predicted octanol–water partition coefficient (Wildman–Crippen LogP) is 3.52. The van der Waals surface area contributed by atoms with Crippen LogP contribution in [0.15, 0.2) is 60.7 Å². The smallest absolute Gasteiger partial charge is 0.246 e. The molecule has 0 aliphatic carbocycles. The maximum absolute atomic E-state index is 14.4. The Balaban J connectivity index is 1.04. The topological polar surface area (TPSA) is 182 Å². The van der Waals surface area contributed by atoms with E-state index in [1.54, 1.807) is 40.4 Å². The van der Waals surface area contributed by atoms with Crippen molar-refractivity contribution < 1.29 is 33.4 Å². The molecule has 4 fully saturated rings. The van der Waals surface area contributed by atoms with Gasteiger partial charge in [-0.1, -0.05) is 112 Å². The van der Waals surface area contributed by atoms with Crippen LogP contribution in [0.3, 0.4) is 0 Å². The van der Waals surface area contributed by atoms with Crippen LogP contribution in [0.4, 0.5) is 0 Å². The highest BCUT2D eigenvalue weighted by Gasteiger charge is 2.56. The number of nitrogens with zero attached hydrogens (tertiary/aromatic N) is 2. The van der Waals surface area contributed by atoms with Crippen molar-refractivity contribution >= 4 is 70.3 Å². The monoisotopic (exact) mass is 1000 g/mol. The number of rotatable bonds is 18. The minimum Gasteiger partial charge on any atom is -0.367 e. The van der Waals surface area contributed by atoms with Crippen LogP contribution in [-0.2, 0) is 33.4 Å². The van der Waals surface area contributed by atoms with E-state index in [-0.39, 0.29) is 79.3 Å². The Labute approximate surface area is 421 Å². The van der Waals surface area contributed by atoms with Crippen LogP contribution in [0.2, 0.25) is 0 Å². The first-order valence-electron chi connectivity index (χ1n) is 23.7. The van der Waals surface area contributed by atoms with Gasteiger partial charge in [0.05, 0.1) is 53.6 Å². The zero-order valence-corrected chi connectivity index (χ0v) is 43.2. The highest BCUT2D eigenvalue weighted by molar-refractivity contribution is 8.00. The van der Waals surface area contributed by atoms with E-state index in [4.69, 9.17) is 21.7 Å². The van der Waals surface area contributed by atoms with Gasteiger partial charge in [0.1, 0.15) is 37.4 Å². The highest BCUT2D eigenvalue weighted by atomic mass is 32.2. The third-order valence-electron chi connectivity index (χ3n) is 13.1. The summed E-state index contributed by atoms with van der Waals surface area (Å²) < 4.78 is 12.0. The molecule has 6 rings (SSSR count). The molecular formula is C51H68N8O7S3. The summed E-state index contributed by atoms with van der Waals surface area (Å²) >= 11 is 8.95. The fraction of sp³-hybridized carbons (Fsp3) is 0.569. The third kappa shape index (κ3) is 13.8. The second-order valence-electron chi connectivity index (χ2n) is 19.2. The van der Waals surface area contributed by atoms with Gasteiger partial charge in [-0.2, -0.15) is 0 Å². The van der Waals surface area contributed by atoms with Gasteiger partial charge in [-0.3, -0.25) is 24.0 Å². The maximum atomic E-state index is 14.4. The van der Waals surface area contributed by atoms with Gasteiger partial charge in [-0.05, 0) is 92.0 Å². The average Bonchev–Trinajstić information content (AvgIpc) is 3.64. The summed E-state index contributed by atoms with van der Waals surface area (Å²) in [6.45, 7) is 10.5. The molecule has 18 heteroatoms. The van der Waals surface area contributed by atoms with Crippen molar-refractivity contribution in [1.29, 1.82) is 0 Å². The van der Waals surface area contributed by atoms with Gasteiger partial charge < -0.3 is 51.2 Å². The van der Waals surface area contributed by atoms with Crippen LogP contribution in [-0.4, -0.2) is 144 Å². The minimum atomic E-state index is -0.753. The first-order chi connectivity index (χ1) is 33.1. The molecule has 9 atom stereocenters. The molecule has 4 aliphatic heterocycles. The van der Waals surface area contributed by atoms with Crippen LogP contribution >= 0.6 is 35.7 Å². The molecule has 4 aliphatic rings. The van der Waals surface area contributed by atoms with Crippen LogP contribution in [0.5, 0.6) is 0 Å². The van der Waals surface area contributed by atoms with E-state index in [1.807, 2.05) is 102 Å². The SMILES string of the molecule is CNCC(=O)N[C@H]1CCS[C@H]2CC(C)(C)[C@@H](C(=O)N[C@H](COCC#CC#CCOC[C@@H](NC(=O)[C@H]3N4C(=O)[C@@H](NC(=S)[C@H](C)NC)CCS[C@H]4CC3(C)C)c3ccccc3)c3ccccc3)N2C1=O. The van der Waals surface area contributed by atoms with E-state index in [9.17, 15) is 24.0 Å². The Bertz CT molecular complexity index is 2270. The number of likely N-dealkylation sites (N-methyl/N-ethyl adjacent to an activating group) is 2. The molecule has 0 spiro atoms. The molecule has 0 aromatic heterocycles. The highest BCUT2D eigenvalue weighted by Crippen LogP contribution is 2.48. The lowest BCUT2D eigenvalue weighted by atomic mass is 9.83. The Morgan fingerprint density at radius 2 is 1.16 bits per heavy atom. The van der Waals surface area contributed by atoms with E-state index in [0.29, 0.717) is 36.4 Å². The Morgan fingerprint density at radius 3 is 1.58 bits per heavy atom. The zero-order valence-electron chi connectivity index (χ0n) is 40.7. The second kappa shape index (κ2) is 24.9. The number of amides is 5. The van der Waals surface area contributed by atoms with Gasteiger partial charge in [0.25, 0.3) is 0 Å². The molecule has 372 valence electrons. The van der Waals surface area contributed by atoms with Crippen molar-refractivity contribution in [2.75, 3.05) is 58.6 Å². The molecule has 4 saturated heterocycles. The lowest BCUT2D eigenvalue weighted by Crippen LogP contribution is -2.58. The van der Waals surface area contributed by atoms with Crippen molar-refractivity contribution in [1.82, 2.24) is 41.7 Å². The van der Waals surface area contributed by atoms with Crippen molar-refractivity contribution in [3.8, 4) is 23.7 Å². The van der Waals surface area contributed by atoms with E-state index < -0.39 is 47.1 Å². The number of carbonyl (C=O) groups excluding carboxylic acids is 5. The Morgan fingerprint density at radius 1 is 0.725 bits per heavy atom. The molecule has 0 radical (unpaired) electrons. The molecular weight excluding hydrogens is 933 g/mol. The standard InChI is InChI=1S/C51H68N8O7S3/c1-33(53-7)47(67)57-37-23-27-69-42-29-51(4,5)44(59(42)49(37)64)46(62)56-39(35-20-14-11-15-21-35)32-66-25-17-9-8-16-24-65-31-38(34-18-12-10-13-19-34)55-45(61)43-50(2,3)28-41-58(43)48(63)36(22-26-68-41)54-40(60)30-52-6/h10-15,18-21,33,36-39,41-44,52-53H,22-32H2,1-7H3,(H,54,60)(H,55,61)(H,56,62)(H,57,67)/t33-,36-,37-,38+,39+,41-,42-,43+,44+/m0/s1. The van der Waals surface area contributed by atoms with Crippen molar-refractivity contribution in [3.05, 3.63) is 71.8 Å². The summed E-state index contributed by atoms with van der Waals surface area (Å²) in [5.74, 6) is 11.8. The number of ether oxygens (including phenoxy) is 2. The first-order valence-corrected chi connectivity index (χ1v) is 26.2. The van der Waals surface area contributed by atoms with Gasteiger partial charge in [-0.15, -0.1) is 23.5 Å². The van der Waals surface area contributed by atoms with Gasteiger partial charge >= 0.3 is 0 Å². The molecule has 0 saturated carbocycles. The average molecular weight is 1000 g/mol. The molecule has 6 N–H and O–H groups in total. The van der Waals surface area contributed by atoms with E-state index >= 15 is 0 Å². The largest absolute Gasteiger partial charge is 0.367 e. The van der Waals surface area contributed by atoms with Gasteiger partial charge in [0, 0.05) is 0 Å². The summed E-state index contributed by atoms with van der Waals surface area (Å²) in [6.07, 6.45) is 2.43. The van der Waals surface area contributed by atoms with Crippen molar-refractivity contribution in [3.63, 3.8) is 0 Å². The zero-order chi connectivity index (χ0) is 49.7. The van der Waals surface area contributed by atoms with E-state index in [0.717, 1.165) is 16.9 Å². The van der Waals surface area contributed by atoms with Crippen LogP contribution in [0.1, 0.15) is 83.5 Å². The number of thioether (sulfide) groups is 2. The molecule has 0 bridgehead atoms. The number of carbonyl (C=O) groups is 5. The predicted molar refractivity (Wildman–Crippen MR) is 276 cm³/mol. The summed E-state index contributed by atoms with van der Waals surface area (Å²) in [7, 11) is 3.50. The Hall–Kier alpha value is -4.66. The fourth-order valence-electron chi connectivity index (χ4n) is 9.47. The van der Waals surface area contributed by atoms with Gasteiger partial charge in [0.2, 0.25) is 29.5 Å². The maximum Gasteiger partial charge on any atom is 0.246 e. The lowest BCUT2D eigenvalue weighted by molar-refractivity contribution is -0.144. The minimum absolute atomic E-state index is 0.0536. The molecule has 2 aromatic carbocycles.